The molecule has 1 aromatic heterocycles. The molecule has 2 aliphatic rings. The second-order valence-corrected chi connectivity index (χ2v) is 7.54. The Morgan fingerprint density at radius 1 is 1.25 bits per heavy atom. The Morgan fingerprint density at radius 3 is 2.85 bits per heavy atom. The number of imidazole rings is 1. The van der Waals surface area contributed by atoms with Crippen molar-refractivity contribution in [1.29, 1.82) is 0 Å². The van der Waals surface area contributed by atoms with E-state index in [0.29, 0.717) is 0 Å². The second-order valence-electron chi connectivity index (χ2n) is 6.31. The number of nitrogens with zero attached hydrogens (tertiary/aromatic N) is 2. The van der Waals surface area contributed by atoms with Crippen molar-refractivity contribution < 1.29 is 0 Å². The summed E-state index contributed by atoms with van der Waals surface area (Å²) in [5, 5.41) is 3.50. The van der Waals surface area contributed by atoms with Crippen LogP contribution in [0.1, 0.15) is 19.4 Å². The molecule has 5 heteroatoms. The quantitative estimate of drug-likeness (QED) is 0.847. The van der Waals surface area contributed by atoms with Gasteiger partial charge in [-0.2, -0.15) is 11.8 Å². The van der Waals surface area contributed by atoms with Gasteiger partial charge in [-0.05, 0) is 17.7 Å². The first-order valence-electron chi connectivity index (χ1n) is 7.24. The van der Waals surface area contributed by atoms with Crippen LogP contribution >= 0.6 is 11.8 Å². The van der Waals surface area contributed by atoms with Gasteiger partial charge >= 0.3 is 0 Å². The normalized spacial score (nSPS) is 21.0. The number of anilines is 2. The maximum absolute atomic E-state index is 4.78. The van der Waals surface area contributed by atoms with Crippen molar-refractivity contribution in [1.82, 2.24) is 9.97 Å². The van der Waals surface area contributed by atoms with Crippen LogP contribution in [0.25, 0.3) is 11.0 Å². The summed E-state index contributed by atoms with van der Waals surface area (Å²) in [5.74, 6) is 3.42. The molecule has 0 amide bonds. The monoisotopic (exact) mass is 288 g/mol. The van der Waals surface area contributed by atoms with Crippen molar-refractivity contribution in [3.63, 3.8) is 0 Å². The molecular weight excluding hydrogens is 268 g/mol. The van der Waals surface area contributed by atoms with E-state index >= 15 is 0 Å². The Bertz CT molecular complexity index is 655. The molecule has 1 aromatic carbocycles. The number of aromatic nitrogens is 2. The first-order valence-corrected chi connectivity index (χ1v) is 8.40. The van der Waals surface area contributed by atoms with Crippen LogP contribution in [0.3, 0.4) is 0 Å². The van der Waals surface area contributed by atoms with Crippen molar-refractivity contribution in [3.8, 4) is 0 Å². The molecule has 0 spiro atoms. The fourth-order valence-corrected chi connectivity index (χ4v) is 3.99. The fourth-order valence-electron chi connectivity index (χ4n) is 3.09. The lowest BCUT2D eigenvalue weighted by Crippen LogP contribution is -2.33. The SMILES string of the molecule is CC1(C)CNc2cc3nc(N4CCSCC4)[nH]c3cc21. The van der Waals surface area contributed by atoms with Gasteiger partial charge in [0.2, 0.25) is 5.95 Å². The van der Waals surface area contributed by atoms with E-state index in [1.165, 1.54) is 22.8 Å². The molecule has 0 aliphatic carbocycles. The number of nitrogens with one attached hydrogen (secondary N) is 2. The topological polar surface area (TPSA) is 44.0 Å². The third kappa shape index (κ3) is 1.87. The van der Waals surface area contributed by atoms with E-state index in [4.69, 9.17) is 4.98 Å². The van der Waals surface area contributed by atoms with Crippen molar-refractivity contribution in [2.24, 2.45) is 0 Å². The van der Waals surface area contributed by atoms with Gasteiger partial charge in [-0.1, -0.05) is 13.8 Å². The van der Waals surface area contributed by atoms with Crippen LogP contribution in [0.4, 0.5) is 11.6 Å². The van der Waals surface area contributed by atoms with Crippen LogP contribution in [-0.4, -0.2) is 41.1 Å². The number of hydrogen-bond donors (Lipinski definition) is 2. The molecule has 1 saturated heterocycles. The highest BCUT2D eigenvalue weighted by atomic mass is 32.2. The average molecular weight is 288 g/mol. The summed E-state index contributed by atoms with van der Waals surface area (Å²) in [4.78, 5) is 10.7. The lowest BCUT2D eigenvalue weighted by molar-refractivity contribution is 0.586. The first kappa shape index (κ1) is 12.4. The minimum absolute atomic E-state index is 0.205. The molecule has 0 saturated carbocycles. The van der Waals surface area contributed by atoms with Gasteiger partial charge in [0.25, 0.3) is 0 Å². The zero-order valence-electron chi connectivity index (χ0n) is 12.0. The summed E-state index contributed by atoms with van der Waals surface area (Å²) in [6.45, 7) is 7.76. The highest BCUT2D eigenvalue weighted by molar-refractivity contribution is 7.99. The van der Waals surface area contributed by atoms with Crippen molar-refractivity contribution in [2.75, 3.05) is 41.4 Å². The standard InChI is InChI=1S/C15H20N4S/c1-15(2)9-16-11-8-13-12(7-10(11)15)17-14(18-13)19-3-5-20-6-4-19/h7-8,16H,3-6,9H2,1-2H3,(H,17,18). The zero-order valence-corrected chi connectivity index (χ0v) is 12.8. The molecule has 20 heavy (non-hydrogen) atoms. The minimum Gasteiger partial charge on any atom is -0.384 e. The molecule has 4 nitrogen and oxygen atoms in total. The van der Waals surface area contributed by atoms with E-state index in [1.54, 1.807) is 0 Å². The third-order valence-electron chi connectivity index (χ3n) is 4.37. The van der Waals surface area contributed by atoms with Crippen molar-refractivity contribution in [2.45, 2.75) is 19.3 Å². The number of H-pyrrole nitrogens is 1. The second kappa shape index (κ2) is 4.32. The van der Waals surface area contributed by atoms with E-state index < -0.39 is 0 Å². The minimum atomic E-state index is 0.205. The molecule has 2 aromatic rings. The third-order valence-corrected chi connectivity index (χ3v) is 5.31. The number of thioether (sulfide) groups is 1. The summed E-state index contributed by atoms with van der Waals surface area (Å²) in [5.41, 5.74) is 5.08. The Morgan fingerprint density at radius 2 is 2.05 bits per heavy atom. The van der Waals surface area contributed by atoms with Crippen LogP contribution in [0.15, 0.2) is 12.1 Å². The molecule has 2 aliphatic heterocycles. The molecule has 0 atom stereocenters. The maximum Gasteiger partial charge on any atom is 0.203 e. The molecule has 3 heterocycles. The van der Waals surface area contributed by atoms with E-state index in [0.717, 1.165) is 36.6 Å². The predicted octanol–water partition coefficient (Wildman–Crippen LogP) is 2.82. The first-order chi connectivity index (χ1) is 9.63. The predicted molar refractivity (Wildman–Crippen MR) is 87.1 cm³/mol. The molecule has 0 bridgehead atoms. The van der Waals surface area contributed by atoms with E-state index in [-0.39, 0.29) is 5.41 Å². The van der Waals surface area contributed by atoms with E-state index in [2.05, 4.69) is 41.2 Å². The van der Waals surface area contributed by atoms with Crippen molar-refractivity contribution in [3.05, 3.63) is 17.7 Å². The molecule has 2 N–H and O–H groups in total. The Hall–Kier alpha value is -1.36. The molecule has 106 valence electrons. The van der Waals surface area contributed by atoms with Gasteiger partial charge in [0.05, 0.1) is 11.0 Å². The van der Waals surface area contributed by atoms with Gasteiger partial charge in [0.1, 0.15) is 0 Å². The average Bonchev–Trinajstić information content (AvgIpc) is 2.99. The number of rotatable bonds is 1. The highest BCUT2D eigenvalue weighted by Crippen LogP contribution is 2.38. The number of fused-ring (bicyclic) bond motifs is 2. The van der Waals surface area contributed by atoms with Crippen LogP contribution in [-0.2, 0) is 5.41 Å². The molecule has 1 fully saturated rings. The van der Waals surface area contributed by atoms with Crippen molar-refractivity contribution >= 4 is 34.4 Å². The summed E-state index contributed by atoms with van der Waals surface area (Å²) < 4.78 is 0. The molecular formula is C15H20N4S. The summed E-state index contributed by atoms with van der Waals surface area (Å²) in [7, 11) is 0. The van der Waals surface area contributed by atoms with Crippen LogP contribution < -0.4 is 10.2 Å². The smallest absolute Gasteiger partial charge is 0.203 e. The summed E-state index contributed by atoms with van der Waals surface area (Å²) >= 11 is 2.02. The Labute approximate surface area is 123 Å². The van der Waals surface area contributed by atoms with Crippen LogP contribution in [0, 0.1) is 0 Å². The van der Waals surface area contributed by atoms with Gasteiger partial charge in [-0.3, -0.25) is 0 Å². The van der Waals surface area contributed by atoms with Gasteiger partial charge in [-0.15, -0.1) is 0 Å². The Kier molecular flexibility index (Phi) is 2.67. The summed E-state index contributed by atoms with van der Waals surface area (Å²) in [6, 6.07) is 4.47. The number of hydrogen-bond acceptors (Lipinski definition) is 4. The fraction of sp³-hybridized carbons (Fsp3) is 0.533. The molecule has 0 unspecified atom stereocenters. The summed E-state index contributed by atoms with van der Waals surface area (Å²) in [6.07, 6.45) is 0. The zero-order chi connectivity index (χ0) is 13.7. The van der Waals surface area contributed by atoms with Gasteiger partial charge in [-0.25, -0.2) is 4.98 Å². The van der Waals surface area contributed by atoms with E-state index in [9.17, 15) is 0 Å². The van der Waals surface area contributed by atoms with E-state index in [1.807, 2.05) is 11.8 Å². The molecule has 0 radical (unpaired) electrons. The lowest BCUT2D eigenvalue weighted by Gasteiger charge is -2.25. The largest absolute Gasteiger partial charge is 0.384 e. The van der Waals surface area contributed by atoms with Crippen LogP contribution in [0.2, 0.25) is 0 Å². The van der Waals surface area contributed by atoms with Crippen LogP contribution in [0.5, 0.6) is 0 Å². The highest BCUT2D eigenvalue weighted by Gasteiger charge is 2.30. The Balaban J connectivity index is 1.77. The maximum atomic E-state index is 4.78. The number of aromatic amines is 1. The van der Waals surface area contributed by atoms with Gasteiger partial charge in [0, 0.05) is 42.2 Å². The molecule has 4 rings (SSSR count). The lowest BCUT2D eigenvalue weighted by atomic mass is 9.87. The van der Waals surface area contributed by atoms with Gasteiger partial charge in [0.15, 0.2) is 0 Å². The number of benzene rings is 1. The van der Waals surface area contributed by atoms with Gasteiger partial charge < -0.3 is 15.2 Å².